The van der Waals surface area contributed by atoms with E-state index in [0.717, 1.165) is 29.8 Å². The standard InChI is InChI=1S/C19H19N5O2/c1-12-4-2-6-17(21-12)23-19(25)16-5-3-7-24(16)18-13(9-20)8-14-10-26-11-15(14)22-18/h2,4,6,8,16H,3,5,7,10-11H2,1H3,(H,21,23,25)/t16-/m0/s1. The number of carbonyl (C=O) groups is 1. The van der Waals surface area contributed by atoms with E-state index < -0.39 is 0 Å². The molecule has 26 heavy (non-hydrogen) atoms. The molecule has 4 heterocycles. The predicted octanol–water partition coefficient (Wildman–Crippen LogP) is 2.29. The van der Waals surface area contributed by atoms with Gasteiger partial charge in [-0.2, -0.15) is 5.26 Å². The maximum absolute atomic E-state index is 12.8. The van der Waals surface area contributed by atoms with Gasteiger partial charge in [0.05, 0.1) is 24.5 Å². The summed E-state index contributed by atoms with van der Waals surface area (Å²) in [6.45, 7) is 3.51. The molecule has 1 N–H and O–H groups in total. The fraction of sp³-hybridized carbons (Fsp3) is 0.368. The van der Waals surface area contributed by atoms with Crippen LogP contribution in [0.5, 0.6) is 0 Å². The molecule has 1 amide bonds. The summed E-state index contributed by atoms with van der Waals surface area (Å²) in [5.41, 5.74) is 3.14. The number of nitrogens with zero attached hydrogens (tertiary/aromatic N) is 4. The lowest BCUT2D eigenvalue weighted by Gasteiger charge is -2.26. The highest BCUT2D eigenvalue weighted by Crippen LogP contribution is 2.31. The number of hydrogen-bond acceptors (Lipinski definition) is 6. The molecule has 2 aliphatic rings. The lowest BCUT2D eigenvalue weighted by Crippen LogP contribution is -2.40. The first-order valence-corrected chi connectivity index (χ1v) is 8.67. The molecule has 0 aliphatic carbocycles. The minimum Gasteiger partial charge on any atom is -0.370 e. The Hall–Kier alpha value is -2.98. The van der Waals surface area contributed by atoms with Crippen molar-refractivity contribution in [3.63, 3.8) is 0 Å². The van der Waals surface area contributed by atoms with Gasteiger partial charge in [-0.05, 0) is 38.0 Å². The molecule has 1 fully saturated rings. The number of rotatable bonds is 3. The third kappa shape index (κ3) is 3.00. The summed E-state index contributed by atoms with van der Waals surface area (Å²) in [7, 11) is 0. The average Bonchev–Trinajstić information content (AvgIpc) is 3.29. The van der Waals surface area contributed by atoms with E-state index in [1.165, 1.54) is 0 Å². The van der Waals surface area contributed by atoms with Crippen LogP contribution in [0.1, 0.15) is 35.4 Å². The summed E-state index contributed by atoms with van der Waals surface area (Å²) >= 11 is 0. The average molecular weight is 349 g/mol. The Balaban J connectivity index is 1.61. The summed E-state index contributed by atoms with van der Waals surface area (Å²) in [6, 6.07) is 9.20. The first-order chi connectivity index (χ1) is 12.7. The Kier molecular flexibility index (Phi) is 4.27. The van der Waals surface area contributed by atoms with Crippen LogP contribution in [0, 0.1) is 18.3 Å². The van der Waals surface area contributed by atoms with Gasteiger partial charge >= 0.3 is 0 Å². The molecular weight excluding hydrogens is 330 g/mol. The highest BCUT2D eigenvalue weighted by Gasteiger charge is 2.34. The molecule has 132 valence electrons. The number of amides is 1. The molecule has 0 aromatic carbocycles. The van der Waals surface area contributed by atoms with Gasteiger partial charge in [0.15, 0.2) is 0 Å². The minimum absolute atomic E-state index is 0.122. The number of nitriles is 1. The van der Waals surface area contributed by atoms with Crippen molar-refractivity contribution < 1.29 is 9.53 Å². The Morgan fingerprint density at radius 2 is 2.27 bits per heavy atom. The highest BCUT2D eigenvalue weighted by molar-refractivity contribution is 5.96. The third-order valence-electron chi connectivity index (χ3n) is 4.75. The molecule has 2 aromatic heterocycles. The van der Waals surface area contributed by atoms with Crippen molar-refractivity contribution in [2.45, 2.75) is 39.0 Å². The van der Waals surface area contributed by atoms with Crippen LogP contribution in [0.3, 0.4) is 0 Å². The van der Waals surface area contributed by atoms with E-state index in [2.05, 4.69) is 21.4 Å². The van der Waals surface area contributed by atoms with Gasteiger partial charge in [-0.15, -0.1) is 0 Å². The largest absolute Gasteiger partial charge is 0.370 e. The van der Waals surface area contributed by atoms with E-state index in [4.69, 9.17) is 4.74 Å². The van der Waals surface area contributed by atoms with Crippen molar-refractivity contribution >= 4 is 17.5 Å². The van der Waals surface area contributed by atoms with Gasteiger partial charge in [-0.3, -0.25) is 4.79 Å². The van der Waals surface area contributed by atoms with Crippen molar-refractivity contribution in [3.8, 4) is 6.07 Å². The number of aryl methyl sites for hydroxylation is 1. The van der Waals surface area contributed by atoms with Crippen LogP contribution in [-0.4, -0.2) is 28.5 Å². The predicted molar refractivity (Wildman–Crippen MR) is 95.4 cm³/mol. The summed E-state index contributed by atoms with van der Waals surface area (Å²) in [4.78, 5) is 23.7. The quantitative estimate of drug-likeness (QED) is 0.914. The van der Waals surface area contributed by atoms with Gasteiger partial charge in [0, 0.05) is 17.8 Å². The molecule has 0 unspecified atom stereocenters. The van der Waals surface area contributed by atoms with Crippen molar-refractivity contribution in [2.24, 2.45) is 0 Å². The zero-order valence-electron chi connectivity index (χ0n) is 14.5. The minimum atomic E-state index is -0.364. The Morgan fingerprint density at radius 3 is 3.08 bits per heavy atom. The zero-order valence-corrected chi connectivity index (χ0v) is 14.5. The lowest BCUT2D eigenvalue weighted by molar-refractivity contribution is -0.117. The fourth-order valence-corrected chi connectivity index (χ4v) is 3.51. The number of aromatic nitrogens is 2. The number of anilines is 2. The molecule has 0 bridgehead atoms. The van der Waals surface area contributed by atoms with Crippen LogP contribution in [0.25, 0.3) is 0 Å². The third-order valence-corrected chi connectivity index (χ3v) is 4.75. The summed E-state index contributed by atoms with van der Waals surface area (Å²) in [5, 5.41) is 12.4. The van der Waals surface area contributed by atoms with Crippen LogP contribution in [0.15, 0.2) is 24.3 Å². The van der Waals surface area contributed by atoms with Crippen molar-refractivity contribution in [1.29, 1.82) is 5.26 Å². The number of ether oxygens (including phenoxy) is 1. The molecule has 2 aromatic rings. The number of nitrogens with one attached hydrogen (secondary N) is 1. The van der Waals surface area contributed by atoms with Crippen LogP contribution in [0.4, 0.5) is 11.6 Å². The monoisotopic (exact) mass is 349 g/mol. The normalized spacial score (nSPS) is 18.5. The molecule has 2 aliphatic heterocycles. The lowest BCUT2D eigenvalue weighted by atomic mass is 10.1. The van der Waals surface area contributed by atoms with Crippen molar-refractivity contribution in [1.82, 2.24) is 9.97 Å². The first-order valence-electron chi connectivity index (χ1n) is 8.67. The van der Waals surface area contributed by atoms with Gasteiger partial charge in [-0.25, -0.2) is 9.97 Å². The smallest absolute Gasteiger partial charge is 0.248 e. The molecule has 7 heteroatoms. The van der Waals surface area contributed by atoms with E-state index in [1.54, 1.807) is 6.07 Å². The SMILES string of the molecule is Cc1cccc(NC(=O)[C@@H]2CCCN2c2nc3c(cc2C#N)COC3)n1. The molecule has 1 saturated heterocycles. The van der Waals surface area contributed by atoms with Crippen LogP contribution < -0.4 is 10.2 Å². The van der Waals surface area contributed by atoms with Gasteiger partial charge in [0.1, 0.15) is 23.7 Å². The van der Waals surface area contributed by atoms with E-state index >= 15 is 0 Å². The van der Waals surface area contributed by atoms with Gasteiger partial charge < -0.3 is 15.0 Å². The van der Waals surface area contributed by atoms with Crippen molar-refractivity contribution in [2.75, 3.05) is 16.8 Å². The number of hydrogen-bond donors (Lipinski definition) is 1. The second-order valence-corrected chi connectivity index (χ2v) is 6.57. The van der Waals surface area contributed by atoms with Crippen LogP contribution >= 0.6 is 0 Å². The maximum Gasteiger partial charge on any atom is 0.248 e. The molecule has 0 spiro atoms. The Morgan fingerprint density at radius 1 is 1.38 bits per heavy atom. The maximum atomic E-state index is 12.8. The molecule has 0 radical (unpaired) electrons. The van der Waals surface area contributed by atoms with E-state index in [1.807, 2.05) is 30.0 Å². The zero-order chi connectivity index (χ0) is 18.1. The molecular formula is C19H19N5O2. The number of fused-ring (bicyclic) bond motifs is 1. The van der Waals surface area contributed by atoms with E-state index in [9.17, 15) is 10.1 Å². The number of carbonyl (C=O) groups excluding carboxylic acids is 1. The Bertz CT molecular complexity index is 905. The second-order valence-electron chi connectivity index (χ2n) is 6.57. The summed E-state index contributed by atoms with van der Waals surface area (Å²) in [6.07, 6.45) is 1.59. The fourth-order valence-electron chi connectivity index (χ4n) is 3.51. The summed E-state index contributed by atoms with van der Waals surface area (Å²) in [5.74, 6) is 0.993. The second kappa shape index (κ2) is 6.73. The van der Waals surface area contributed by atoms with E-state index in [0.29, 0.717) is 37.0 Å². The first kappa shape index (κ1) is 16.5. The van der Waals surface area contributed by atoms with Crippen molar-refractivity contribution in [3.05, 3.63) is 46.8 Å². The summed E-state index contributed by atoms with van der Waals surface area (Å²) < 4.78 is 5.42. The van der Waals surface area contributed by atoms with E-state index in [-0.39, 0.29) is 11.9 Å². The molecule has 7 nitrogen and oxygen atoms in total. The van der Waals surface area contributed by atoms with Gasteiger partial charge in [0.2, 0.25) is 5.91 Å². The molecule has 4 rings (SSSR count). The van der Waals surface area contributed by atoms with Crippen LogP contribution in [-0.2, 0) is 22.7 Å². The topological polar surface area (TPSA) is 91.1 Å². The molecule has 1 atom stereocenters. The van der Waals surface area contributed by atoms with Gasteiger partial charge in [0.25, 0.3) is 0 Å². The Labute approximate surface area is 151 Å². The number of pyridine rings is 2. The van der Waals surface area contributed by atoms with Crippen LogP contribution in [0.2, 0.25) is 0 Å². The molecule has 0 saturated carbocycles. The van der Waals surface area contributed by atoms with Gasteiger partial charge in [-0.1, -0.05) is 6.07 Å². The highest BCUT2D eigenvalue weighted by atomic mass is 16.5.